The third-order valence-electron chi connectivity index (χ3n) is 3.94. The van der Waals surface area contributed by atoms with Crippen molar-refractivity contribution in [3.05, 3.63) is 0 Å². The normalized spacial score (nSPS) is 28.4. The molecule has 1 atom stereocenters. The van der Waals surface area contributed by atoms with Gasteiger partial charge in [0.2, 0.25) is 5.91 Å². The Balaban J connectivity index is 1.94. The van der Waals surface area contributed by atoms with Crippen molar-refractivity contribution < 1.29 is 4.79 Å². The maximum atomic E-state index is 11.9. The van der Waals surface area contributed by atoms with Crippen LogP contribution in [0.15, 0.2) is 0 Å². The molecule has 0 aromatic carbocycles. The van der Waals surface area contributed by atoms with E-state index in [1.54, 1.807) is 0 Å². The lowest BCUT2D eigenvalue weighted by Gasteiger charge is -2.40. The minimum Gasteiger partial charge on any atom is -0.353 e. The van der Waals surface area contributed by atoms with Crippen LogP contribution in [0.5, 0.6) is 0 Å². The van der Waals surface area contributed by atoms with Gasteiger partial charge in [0.05, 0.1) is 6.04 Å². The topological polar surface area (TPSA) is 44.4 Å². The summed E-state index contributed by atoms with van der Waals surface area (Å²) in [7, 11) is 0. The molecule has 2 aliphatic rings. The smallest absolute Gasteiger partial charge is 0.237 e. The number of carbonyl (C=O) groups is 1. The number of piperazine rings is 1. The third kappa shape index (κ3) is 3.19. The lowest BCUT2D eigenvalue weighted by Crippen LogP contribution is -2.58. The van der Waals surface area contributed by atoms with Gasteiger partial charge < -0.3 is 10.6 Å². The van der Waals surface area contributed by atoms with E-state index in [0.717, 1.165) is 38.6 Å². The quantitative estimate of drug-likeness (QED) is 0.751. The highest BCUT2D eigenvalue weighted by Gasteiger charge is 2.33. The highest BCUT2D eigenvalue weighted by atomic mass is 16.2. The molecule has 1 amide bonds. The molecule has 0 saturated carbocycles. The Kier molecular flexibility index (Phi) is 4.40. The van der Waals surface area contributed by atoms with Crippen LogP contribution in [0, 0.1) is 11.8 Å². The molecule has 2 saturated heterocycles. The largest absolute Gasteiger partial charge is 0.353 e. The first-order valence-corrected chi connectivity index (χ1v) is 6.91. The van der Waals surface area contributed by atoms with Crippen molar-refractivity contribution >= 4 is 5.91 Å². The summed E-state index contributed by atoms with van der Waals surface area (Å²) in [6.07, 6.45) is 2.51. The fourth-order valence-electron chi connectivity index (χ4n) is 3.06. The van der Waals surface area contributed by atoms with Gasteiger partial charge in [-0.3, -0.25) is 9.69 Å². The van der Waals surface area contributed by atoms with Crippen LogP contribution >= 0.6 is 0 Å². The van der Waals surface area contributed by atoms with E-state index >= 15 is 0 Å². The summed E-state index contributed by atoms with van der Waals surface area (Å²) >= 11 is 0. The minimum atomic E-state index is 0.0821. The Morgan fingerprint density at radius 1 is 1.29 bits per heavy atom. The summed E-state index contributed by atoms with van der Waals surface area (Å²) in [4.78, 5) is 14.3. The van der Waals surface area contributed by atoms with Gasteiger partial charge in [0, 0.05) is 19.6 Å². The first-order chi connectivity index (χ1) is 8.18. The van der Waals surface area contributed by atoms with E-state index in [1.807, 2.05) is 0 Å². The molecule has 98 valence electrons. The second kappa shape index (κ2) is 5.83. The molecule has 2 fully saturated rings. The second-order valence-electron chi connectivity index (χ2n) is 5.67. The fourth-order valence-corrected chi connectivity index (χ4v) is 3.06. The van der Waals surface area contributed by atoms with Crippen LogP contribution in [0.2, 0.25) is 0 Å². The van der Waals surface area contributed by atoms with E-state index in [4.69, 9.17) is 0 Å². The van der Waals surface area contributed by atoms with E-state index in [2.05, 4.69) is 29.4 Å². The van der Waals surface area contributed by atoms with Crippen molar-refractivity contribution in [2.45, 2.75) is 32.7 Å². The number of carbonyl (C=O) groups excluding carboxylic acids is 1. The Morgan fingerprint density at radius 3 is 2.65 bits per heavy atom. The van der Waals surface area contributed by atoms with Crippen molar-refractivity contribution in [1.29, 1.82) is 0 Å². The summed E-state index contributed by atoms with van der Waals surface area (Å²) in [5.74, 6) is 1.39. The number of piperidine rings is 1. The van der Waals surface area contributed by atoms with Crippen LogP contribution in [0.25, 0.3) is 0 Å². The molecule has 4 heteroatoms. The van der Waals surface area contributed by atoms with Crippen molar-refractivity contribution in [2.24, 2.45) is 11.8 Å². The van der Waals surface area contributed by atoms with E-state index < -0.39 is 0 Å². The highest BCUT2D eigenvalue weighted by Crippen LogP contribution is 2.19. The average Bonchev–Trinajstić information content (AvgIpc) is 2.30. The SMILES string of the molecule is CC(C)C1C(=O)NCCN1CC1CCNCC1. The van der Waals surface area contributed by atoms with Gasteiger partial charge in [0.25, 0.3) is 0 Å². The lowest BCUT2D eigenvalue weighted by atomic mass is 9.93. The predicted molar refractivity (Wildman–Crippen MR) is 68.8 cm³/mol. The molecular formula is C13H25N3O. The Labute approximate surface area is 104 Å². The van der Waals surface area contributed by atoms with Crippen LogP contribution in [0.1, 0.15) is 26.7 Å². The van der Waals surface area contributed by atoms with Crippen molar-refractivity contribution in [3.8, 4) is 0 Å². The fraction of sp³-hybridized carbons (Fsp3) is 0.923. The third-order valence-corrected chi connectivity index (χ3v) is 3.94. The molecule has 4 nitrogen and oxygen atoms in total. The van der Waals surface area contributed by atoms with Gasteiger partial charge in [0.15, 0.2) is 0 Å². The molecule has 0 radical (unpaired) electrons. The average molecular weight is 239 g/mol. The maximum absolute atomic E-state index is 11.9. The van der Waals surface area contributed by atoms with Crippen molar-refractivity contribution in [3.63, 3.8) is 0 Å². The van der Waals surface area contributed by atoms with Gasteiger partial charge in [-0.1, -0.05) is 13.8 Å². The Morgan fingerprint density at radius 2 is 2.00 bits per heavy atom. The predicted octanol–water partition coefficient (Wildman–Crippen LogP) is 0.442. The summed E-state index contributed by atoms with van der Waals surface area (Å²) in [5, 5.41) is 6.38. The molecule has 17 heavy (non-hydrogen) atoms. The number of nitrogens with zero attached hydrogens (tertiary/aromatic N) is 1. The van der Waals surface area contributed by atoms with Gasteiger partial charge >= 0.3 is 0 Å². The molecular weight excluding hydrogens is 214 g/mol. The van der Waals surface area contributed by atoms with Crippen LogP contribution in [0.3, 0.4) is 0 Å². The molecule has 0 bridgehead atoms. The second-order valence-corrected chi connectivity index (χ2v) is 5.67. The van der Waals surface area contributed by atoms with Crippen molar-refractivity contribution in [1.82, 2.24) is 15.5 Å². The summed E-state index contributed by atoms with van der Waals surface area (Å²) in [6.45, 7) is 9.48. The molecule has 0 aliphatic carbocycles. The summed E-state index contributed by atoms with van der Waals surface area (Å²) < 4.78 is 0. The highest BCUT2D eigenvalue weighted by molar-refractivity contribution is 5.82. The number of rotatable bonds is 3. The number of nitrogens with one attached hydrogen (secondary N) is 2. The van der Waals surface area contributed by atoms with Gasteiger partial charge in [-0.15, -0.1) is 0 Å². The number of amides is 1. The van der Waals surface area contributed by atoms with E-state index in [0.29, 0.717) is 5.92 Å². The van der Waals surface area contributed by atoms with Gasteiger partial charge in [-0.2, -0.15) is 0 Å². The van der Waals surface area contributed by atoms with Crippen molar-refractivity contribution in [2.75, 3.05) is 32.7 Å². The minimum absolute atomic E-state index is 0.0821. The van der Waals surface area contributed by atoms with Gasteiger partial charge in [-0.25, -0.2) is 0 Å². The standard InChI is InChI=1S/C13H25N3O/c1-10(2)12-13(17)15-7-8-16(12)9-11-3-5-14-6-4-11/h10-12,14H,3-9H2,1-2H3,(H,15,17). The summed E-state index contributed by atoms with van der Waals surface area (Å²) in [5.41, 5.74) is 0. The maximum Gasteiger partial charge on any atom is 0.237 e. The monoisotopic (exact) mass is 239 g/mol. The summed E-state index contributed by atoms with van der Waals surface area (Å²) in [6, 6.07) is 0.0821. The first-order valence-electron chi connectivity index (χ1n) is 6.91. The Hall–Kier alpha value is -0.610. The zero-order valence-electron chi connectivity index (χ0n) is 11.0. The van der Waals surface area contributed by atoms with Crippen LogP contribution < -0.4 is 10.6 Å². The molecule has 2 aliphatic heterocycles. The van der Waals surface area contributed by atoms with Crippen LogP contribution in [-0.2, 0) is 4.79 Å². The molecule has 1 unspecified atom stereocenters. The van der Waals surface area contributed by atoms with Crippen LogP contribution in [-0.4, -0.2) is 49.6 Å². The van der Waals surface area contributed by atoms with E-state index in [1.165, 1.54) is 12.8 Å². The molecule has 0 aromatic heterocycles. The lowest BCUT2D eigenvalue weighted by molar-refractivity contribution is -0.131. The number of hydrogen-bond acceptors (Lipinski definition) is 3. The molecule has 2 N–H and O–H groups in total. The Bertz CT molecular complexity index is 261. The molecule has 2 rings (SSSR count). The molecule has 0 spiro atoms. The van der Waals surface area contributed by atoms with E-state index in [9.17, 15) is 4.79 Å². The van der Waals surface area contributed by atoms with Crippen LogP contribution in [0.4, 0.5) is 0 Å². The van der Waals surface area contributed by atoms with E-state index in [-0.39, 0.29) is 11.9 Å². The number of hydrogen-bond donors (Lipinski definition) is 2. The molecule has 2 heterocycles. The zero-order chi connectivity index (χ0) is 12.3. The van der Waals surface area contributed by atoms with Gasteiger partial charge in [0.1, 0.15) is 0 Å². The molecule has 0 aromatic rings. The van der Waals surface area contributed by atoms with Gasteiger partial charge in [-0.05, 0) is 37.8 Å². The zero-order valence-corrected chi connectivity index (χ0v) is 11.0. The first kappa shape index (κ1) is 12.8.